The topological polar surface area (TPSA) is 43.3 Å². The van der Waals surface area contributed by atoms with Crippen molar-refractivity contribution in [2.75, 3.05) is 6.54 Å². The Morgan fingerprint density at radius 3 is 2.65 bits per heavy atom. The Morgan fingerprint density at radius 1 is 1.09 bits per heavy atom. The molecule has 0 fully saturated rings. The van der Waals surface area contributed by atoms with Crippen LogP contribution < -0.4 is 5.32 Å². The number of alkyl carbamates (subject to hydrolysis) is 1. The molecule has 4 heteroatoms. The number of carbonyl (C=O) groups excluding carboxylic acids is 1. The zero-order chi connectivity index (χ0) is 16.1. The van der Waals surface area contributed by atoms with Gasteiger partial charge in [0.25, 0.3) is 0 Å². The molecule has 0 spiro atoms. The van der Waals surface area contributed by atoms with E-state index < -0.39 is 0 Å². The maximum absolute atomic E-state index is 11.7. The number of fused-ring (bicyclic) bond motifs is 1. The van der Waals surface area contributed by atoms with Gasteiger partial charge in [0.1, 0.15) is 6.61 Å². The summed E-state index contributed by atoms with van der Waals surface area (Å²) in [6.07, 6.45) is 2.51. The minimum Gasteiger partial charge on any atom is -0.445 e. The zero-order valence-corrected chi connectivity index (χ0v) is 13.2. The largest absolute Gasteiger partial charge is 0.445 e. The van der Waals surface area contributed by atoms with Gasteiger partial charge in [-0.15, -0.1) is 0 Å². The zero-order valence-electron chi connectivity index (χ0n) is 13.2. The molecule has 4 nitrogen and oxygen atoms in total. The van der Waals surface area contributed by atoms with Crippen molar-refractivity contribution in [3.05, 3.63) is 71.9 Å². The van der Waals surface area contributed by atoms with E-state index in [0.717, 1.165) is 12.0 Å². The third kappa shape index (κ3) is 3.72. The number of nitrogens with zero attached hydrogens (tertiary/aromatic N) is 1. The highest BCUT2D eigenvalue weighted by Gasteiger charge is 2.07. The van der Waals surface area contributed by atoms with Crippen molar-refractivity contribution < 1.29 is 9.53 Å². The number of rotatable bonds is 5. The van der Waals surface area contributed by atoms with E-state index in [4.69, 9.17) is 4.74 Å². The van der Waals surface area contributed by atoms with Crippen molar-refractivity contribution in [1.82, 2.24) is 9.88 Å². The lowest BCUT2D eigenvalue weighted by molar-refractivity contribution is 0.140. The highest BCUT2D eigenvalue weighted by atomic mass is 16.5. The molecule has 0 saturated carbocycles. The van der Waals surface area contributed by atoms with Gasteiger partial charge in [0.15, 0.2) is 0 Å². The minimum atomic E-state index is -0.380. The van der Waals surface area contributed by atoms with Crippen molar-refractivity contribution in [3.63, 3.8) is 0 Å². The fraction of sp³-hybridized carbons (Fsp3) is 0.211. The van der Waals surface area contributed by atoms with E-state index in [9.17, 15) is 4.79 Å². The molecule has 118 valence electrons. The van der Waals surface area contributed by atoms with Gasteiger partial charge >= 0.3 is 6.09 Å². The first-order valence-corrected chi connectivity index (χ1v) is 7.71. The molecule has 3 aromatic rings. The number of amides is 1. The van der Waals surface area contributed by atoms with Crippen LogP contribution in [-0.4, -0.2) is 17.2 Å². The van der Waals surface area contributed by atoms with Crippen LogP contribution in [0.4, 0.5) is 4.79 Å². The molecule has 0 aliphatic carbocycles. The summed E-state index contributed by atoms with van der Waals surface area (Å²) >= 11 is 0. The SMILES string of the molecule is Cn1cc(CCNC(=O)OCc2ccccc2)c2ccccc21. The molecule has 3 rings (SSSR count). The molecular formula is C19H20N2O2. The van der Waals surface area contributed by atoms with Crippen LogP contribution in [0.15, 0.2) is 60.8 Å². The predicted molar refractivity (Wildman–Crippen MR) is 91.3 cm³/mol. The Balaban J connectivity index is 1.50. The lowest BCUT2D eigenvalue weighted by Crippen LogP contribution is -2.26. The van der Waals surface area contributed by atoms with Crippen molar-refractivity contribution in [2.24, 2.45) is 7.05 Å². The van der Waals surface area contributed by atoms with E-state index in [2.05, 4.69) is 28.2 Å². The van der Waals surface area contributed by atoms with Gasteiger partial charge in [-0.1, -0.05) is 48.5 Å². The fourth-order valence-electron chi connectivity index (χ4n) is 2.70. The quantitative estimate of drug-likeness (QED) is 0.782. The summed E-state index contributed by atoms with van der Waals surface area (Å²) in [6, 6.07) is 17.9. The molecule has 2 aromatic carbocycles. The summed E-state index contributed by atoms with van der Waals surface area (Å²) in [5.74, 6) is 0. The van der Waals surface area contributed by atoms with Gasteiger partial charge < -0.3 is 14.6 Å². The number of nitrogens with one attached hydrogen (secondary N) is 1. The summed E-state index contributed by atoms with van der Waals surface area (Å²) in [5, 5.41) is 4.04. The maximum atomic E-state index is 11.7. The lowest BCUT2D eigenvalue weighted by atomic mass is 10.1. The summed E-state index contributed by atoms with van der Waals surface area (Å²) in [7, 11) is 2.04. The van der Waals surface area contributed by atoms with Crippen molar-refractivity contribution in [3.8, 4) is 0 Å². The average Bonchev–Trinajstić information content (AvgIpc) is 2.91. The van der Waals surface area contributed by atoms with Crippen LogP contribution in [0, 0.1) is 0 Å². The molecule has 0 radical (unpaired) electrons. The second-order valence-electron chi connectivity index (χ2n) is 5.52. The van der Waals surface area contributed by atoms with Gasteiger partial charge in [0.2, 0.25) is 0 Å². The molecular weight excluding hydrogens is 288 g/mol. The van der Waals surface area contributed by atoms with Gasteiger partial charge in [-0.2, -0.15) is 0 Å². The standard InChI is InChI=1S/C19H20N2O2/c1-21-13-16(17-9-5-6-10-18(17)21)11-12-20-19(22)23-14-15-7-3-2-4-8-15/h2-10,13H,11-12,14H2,1H3,(H,20,22). The Kier molecular flexibility index (Phi) is 4.62. The summed E-state index contributed by atoms with van der Waals surface area (Å²) in [5.41, 5.74) is 3.41. The number of ether oxygens (including phenoxy) is 1. The molecule has 0 aliphatic rings. The Labute approximate surface area is 135 Å². The summed E-state index contributed by atoms with van der Waals surface area (Å²) < 4.78 is 7.31. The highest BCUT2D eigenvalue weighted by molar-refractivity contribution is 5.83. The van der Waals surface area contributed by atoms with Crippen molar-refractivity contribution in [2.45, 2.75) is 13.0 Å². The molecule has 0 atom stereocenters. The van der Waals surface area contributed by atoms with E-state index in [1.54, 1.807) is 0 Å². The molecule has 23 heavy (non-hydrogen) atoms. The molecule has 0 unspecified atom stereocenters. The molecule has 1 N–H and O–H groups in total. The first kappa shape index (κ1) is 15.2. The highest BCUT2D eigenvalue weighted by Crippen LogP contribution is 2.20. The van der Waals surface area contributed by atoms with Crippen LogP contribution in [0.3, 0.4) is 0 Å². The first-order chi connectivity index (χ1) is 11.2. The van der Waals surface area contributed by atoms with Crippen LogP contribution in [0.2, 0.25) is 0 Å². The van der Waals surface area contributed by atoms with E-state index in [1.165, 1.54) is 16.5 Å². The first-order valence-electron chi connectivity index (χ1n) is 7.71. The molecule has 0 saturated heterocycles. The third-order valence-corrected chi connectivity index (χ3v) is 3.86. The molecule has 0 bridgehead atoms. The van der Waals surface area contributed by atoms with Crippen LogP contribution in [0.5, 0.6) is 0 Å². The van der Waals surface area contributed by atoms with Crippen LogP contribution >= 0.6 is 0 Å². The number of para-hydroxylation sites is 1. The molecule has 1 aromatic heterocycles. The smallest absolute Gasteiger partial charge is 0.407 e. The van der Waals surface area contributed by atoms with Crippen LogP contribution in [0.1, 0.15) is 11.1 Å². The molecule has 1 heterocycles. The van der Waals surface area contributed by atoms with E-state index in [1.807, 2.05) is 49.5 Å². The van der Waals surface area contributed by atoms with Crippen molar-refractivity contribution >= 4 is 17.0 Å². The minimum absolute atomic E-state index is 0.293. The van der Waals surface area contributed by atoms with Gasteiger partial charge in [0, 0.05) is 30.7 Å². The van der Waals surface area contributed by atoms with Gasteiger partial charge in [-0.25, -0.2) is 4.79 Å². The number of benzene rings is 2. The van der Waals surface area contributed by atoms with Gasteiger partial charge in [-0.05, 0) is 23.6 Å². The molecule has 1 amide bonds. The second-order valence-corrected chi connectivity index (χ2v) is 5.52. The summed E-state index contributed by atoms with van der Waals surface area (Å²) in [4.78, 5) is 11.7. The fourth-order valence-corrected chi connectivity index (χ4v) is 2.70. The van der Waals surface area contributed by atoms with Crippen molar-refractivity contribution in [1.29, 1.82) is 0 Å². The number of hydrogen-bond donors (Lipinski definition) is 1. The lowest BCUT2D eigenvalue weighted by Gasteiger charge is -2.06. The number of carbonyl (C=O) groups is 1. The Bertz CT molecular complexity index is 793. The number of hydrogen-bond acceptors (Lipinski definition) is 2. The van der Waals surface area contributed by atoms with Crippen LogP contribution in [-0.2, 0) is 24.8 Å². The average molecular weight is 308 g/mol. The predicted octanol–water partition coefficient (Wildman–Crippen LogP) is 3.65. The van der Waals surface area contributed by atoms with E-state index in [0.29, 0.717) is 13.2 Å². The van der Waals surface area contributed by atoms with Gasteiger partial charge in [-0.3, -0.25) is 0 Å². The maximum Gasteiger partial charge on any atom is 0.407 e. The Morgan fingerprint density at radius 2 is 1.83 bits per heavy atom. The van der Waals surface area contributed by atoms with Gasteiger partial charge in [0.05, 0.1) is 0 Å². The number of aryl methyl sites for hydroxylation is 1. The van der Waals surface area contributed by atoms with Crippen LogP contribution in [0.25, 0.3) is 10.9 Å². The van der Waals surface area contributed by atoms with E-state index in [-0.39, 0.29) is 6.09 Å². The summed E-state index contributed by atoms with van der Waals surface area (Å²) in [6.45, 7) is 0.850. The second kappa shape index (κ2) is 7.01. The Hall–Kier alpha value is -2.75. The third-order valence-electron chi connectivity index (χ3n) is 3.86. The number of aromatic nitrogens is 1. The monoisotopic (exact) mass is 308 g/mol. The molecule has 0 aliphatic heterocycles. The van der Waals surface area contributed by atoms with E-state index >= 15 is 0 Å². The normalized spacial score (nSPS) is 10.7.